The molecule has 0 unspecified atom stereocenters. The molecular formula is C13H16N2S. The Morgan fingerprint density at radius 3 is 2.81 bits per heavy atom. The molecule has 0 radical (unpaired) electrons. The fraction of sp³-hybridized carbons (Fsp3) is 0.462. The average molecular weight is 232 g/mol. The van der Waals surface area contributed by atoms with Gasteiger partial charge in [-0.05, 0) is 24.8 Å². The lowest BCUT2D eigenvalue weighted by atomic mass is 10.1. The summed E-state index contributed by atoms with van der Waals surface area (Å²) in [6.45, 7) is 0. The molecule has 0 aromatic heterocycles. The van der Waals surface area contributed by atoms with Gasteiger partial charge in [0.1, 0.15) is 0 Å². The van der Waals surface area contributed by atoms with Gasteiger partial charge in [0.2, 0.25) is 0 Å². The molecular weight excluding hydrogens is 216 g/mol. The normalized spacial score (nSPS) is 24.2. The second kappa shape index (κ2) is 4.50. The molecule has 1 heterocycles. The van der Waals surface area contributed by atoms with E-state index in [1.54, 1.807) is 0 Å². The number of nitrogens with one attached hydrogen (secondary N) is 1. The molecule has 1 aliphatic carbocycles. The summed E-state index contributed by atoms with van der Waals surface area (Å²) in [6.07, 6.45) is 3.72. The van der Waals surface area contributed by atoms with E-state index in [2.05, 4.69) is 35.6 Å². The maximum atomic E-state index is 4.73. The van der Waals surface area contributed by atoms with Gasteiger partial charge in [-0.2, -0.15) is 0 Å². The molecule has 1 aromatic rings. The van der Waals surface area contributed by atoms with Crippen LogP contribution in [0.15, 0.2) is 35.3 Å². The van der Waals surface area contributed by atoms with E-state index >= 15 is 0 Å². The number of rotatable bonds is 3. The molecule has 0 spiro atoms. The average Bonchev–Trinajstić information content (AvgIpc) is 3.01. The van der Waals surface area contributed by atoms with Crippen molar-refractivity contribution in [1.82, 2.24) is 5.32 Å². The quantitative estimate of drug-likeness (QED) is 0.865. The number of hydrogen-bond donors (Lipinski definition) is 1. The Balaban J connectivity index is 1.58. The predicted molar refractivity (Wildman–Crippen MR) is 70.0 cm³/mol. The summed E-state index contributed by atoms with van der Waals surface area (Å²) in [5, 5.41) is 4.65. The molecule has 3 heteroatoms. The minimum Gasteiger partial charge on any atom is -0.362 e. The van der Waals surface area contributed by atoms with Gasteiger partial charge in [0.15, 0.2) is 5.17 Å². The zero-order valence-electron chi connectivity index (χ0n) is 9.23. The maximum absolute atomic E-state index is 4.73. The van der Waals surface area contributed by atoms with Crippen molar-refractivity contribution in [3.8, 4) is 0 Å². The van der Waals surface area contributed by atoms with E-state index in [0.29, 0.717) is 6.04 Å². The molecule has 0 amide bonds. The van der Waals surface area contributed by atoms with Gasteiger partial charge in [-0.1, -0.05) is 42.1 Å². The van der Waals surface area contributed by atoms with E-state index in [9.17, 15) is 0 Å². The van der Waals surface area contributed by atoms with Crippen molar-refractivity contribution in [3.05, 3.63) is 35.9 Å². The Hall–Kier alpha value is -0.960. The lowest BCUT2D eigenvalue weighted by Crippen LogP contribution is -2.21. The van der Waals surface area contributed by atoms with Crippen LogP contribution in [0.1, 0.15) is 18.4 Å². The van der Waals surface area contributed by atoms with Crippen LogP contribution in [-0.4, -0.2) is 23.0 Å². The molecule has 3 rings (SSSR count). The van der Waals surface area contributed by atoms with E-state index in [1.165, 1.54) is 23.6 Å². The monoisotopic (exact) mass is 232 g/mol. The molecule has 0 bridgehead atoms. The summed E-state index contributed by atoms with van der Waals surface area (Å²) in [5.74, 6) is 1.13. The van der Waals surface area contributed by atoms with Crippen LogP contribution in [0.2, 0.25) is 0 Å². The summed E-state index contributed by atoms with van der Waals surface area (Å²) < 4.78 is 0. The Bertz CT molecular complexity index is 384. The van der Waals surface area contributed by atoms with Crippen LogP contribution in [0.3, 0.4) is 0 Å². The molecule has 1 aliphatic heterocycles. The van der Waals surface area contributed by atoms with Gasteiger partial charge in [0.25, 0.3) is 0 Å². The lowest BCUT2D eigenvalue weighted by molar-refractivity contribution is 0.755. The van der Waals surface area contributed by atoms with Gasteiger partial charge in [-0.15, -0.1) is 0 Å². The van der Waals surface area contributed by atoms with Gasteiger partial charge in [-0.3, -0.25) is 4.99 Å². The number of hydrogen-bond acceptors (Lipinski definition) is 3. The van der Waals surface area contributed by atoms with Crippen LogP contribution in [0.5, 0.6) is 0 Å². The number of aliphatic imine (C=N–C) groups is 1. The first-order valence-electron chi connectivity index (χ1n) is 5.91. The molecule has 2 nitrogen and oxygen atoms in total. The fourth-order valence-electron chi connectivity index (χ4n) is 1.89. The van der Waals surface area contributed by atoms with Crippen molar-refractivity contribution < 1.29 is 0 Å². The Morgan fingerprint density at radius 1 is 1.25 bits per heavy atom. The van der Waals surface area contributed by atoms with Crippen LogP contribution in [-0.2, 0) is 6.42 Å². The van der Waals surface area contributed by atoms with Crippen LogP contribution in [0.4, 0.5) is 0 Å². The van der Waals surface area contributed by atoms with Crippen LogP contribution in [0, 0.1) is 0 Å². The van der Waals surface area contributed by atoms with Gasteiger partial charge >= 0.3 is 0 Å². The fourth-order valence-corrected chi connectivity index (χ4v) is 2.90. The van der Waals surface area contributed by atoms with Gasteiger partial charge in [-0.25, -0.2) is 0 Å². The summed E-state index contributed by atoms with van der Waals surface area (Å²) in [7, 11) is 0. The highest BCUT2D eigenvalue weighted by Crippen LogP contribution is 2.24. The second-order valence-electron chi connectivity index (χ2n) is 4.51. The summed E-state index contributed by atoms with van der Waals surface area (Å²) in [4.78, 5) is 4.73. The minimum absolute atomic E-state index is 0.466. The molecule has 16 heavy (non-hydrogen) atoms. The maximum Gasteiger partial charge on any atom is 0.157 e. The molecule has 1 atom stereocenters. The van der Waals surface area contributed by atoms with E-state index < -0.39 is 0 Å². The number of nitrogens with zero attached hydrogens (tertiary/aromatic N) is 1. The predicted octanol–water partition coefficient (Wildman–Crippen LogP) is 2.45. The first-order valence-corrected chi connectivity index (χ1v) is 6.90. The Morgan fingerprint density at radius 2 is 2.06 bits per heavy atom. The smallest absolute Gasteiger partial charge is 0.157 e. The van der Waals surface area contributed by atoms with E-state index in [-0.39, 0.29) is 0 Å². The molecule has 0 saturated heterocycles. The van der Waals surface area contributed by atoms with Crippen molar-refractivity contribution >= 4 is 16.9 Å². The highest BCUT2D eigenvalue weighted by molar-refractivity contribution is 8.14. The molecule has 1 aromatic carbocycles. The zero-order chi connectivity index (χ0) is 10.8. The molecule has 1 fully saturated rings. The number of benzene rings is 1. The van der Waals surface area contributed by atoms with Gasteiger partial charge in [0, 0.05) is 11.8 Å². The van der Waals surface area contributed by atoms with Crippen LogP contribution in [0.25, 0.3) is 0 Å². The zero-order valence-corrected chi connectivity index (χ0v) is 10.0. The van der Waals surface area contributed by atoms with Crippen LogP contribution >= 0.6 is 11.8 Å². The highest BCUT2D eigenvalue weighted by Gasteiger charge is 2.26. The number of thioether (sulfide) groups is 1. The third kappa shape index (κ3) is 2.59. The van der Waals surface area contributed by atoms with Crippen LogP contribution < -0.4 is 5.32 Å². The summed E-state index contributed by atoms with van der Waals surface area (Å²) in [6, 6.07) is 11.8. The SMILES string of the molecule is c1ccc(C[C@H]2CSC(NC3CC3)=N2)cc1. The molecule has 2 aliphatic rings. The largest absolute Gasteiger partial charge is 0.362 e. The van der Waals surface area contributed by atoms with E-state index in [4.69, 9.17) is 4.99 Å². The Kier molecular flexibility index (Phi) is 2.87. The number of amidine groups is 1. The third-order valence-electron chi connectivity index (χ3n) is 2.93. The van der Waals surface area contributed by atoms with Crippen molar-refractivity contribution in [2.45, 2.75) is 31.3 Å². The molecule has 1 N–H and O–H groups in total. The first-order chi connectivity index (χ1) is 7.90. The molecule has 84 valence electrons. The van der Waals surface area contributed by atoms with Crippen molar-refractivity contribution in [2.24, 2.45) is 4.99 Å². The highest BCUT2D eigenvalue weighted by atomic mass is 32.2. The second-order valence-corrected chi connectivity index (χ2v) is 5.52. The first kappa shape index (κ1) is 10.2. The summed E-state index contributed by atoms with van der Waals surface area (Å²) in [5.41, 5.74) is 1.39. The van der Waals surface area contributed by atoms with Crippen molar-refractivity contribution in [1.29, 1.82) is 0 Å². The van der Waals surface area contributed by atoms with Crippen molar-refractivity contribution in [3.63, 3.8) is 0 Å². The van der Waals surface area contributed by atoms with E-state index in [1.807, 2.05) is 11.8 Å². The third-order valence-corrected chi connectivity index (χ3v) is 3.98. The van der Waals surface area contributed by atoms with Crippen molar-refractivity contribution in [2.75, 3.05) is 5.75 Å². The standard InChI is InChI=1S/C13H16N2S/c1-2-4-10(5-3-1)8-12-9-16-13(15-12)14-11-6-7-11/h1-5,11-12H,6-9H2,(H,14,15)/t12-/m0/s1. The van der Waals surface area contributed by atoms with Gasteiger partial charge < -0.3 is 5.32 Å². The lowest BCUT2D eigenvalue weighted by Gasteiger charge is -2.04. The van der Waals surface area contributed by atoms with E-state index in [0.717, 1.165) is 18.2 Å². The summed E-state index contributed by atoms with van der Waals surface area (Å²) >= 11 is 1.88. The Labute approximate surface area is 101 Å². The van der Waals surface area contributed by atoms with Gasteiger partial charge in [0.05, 0.1) is 6.04 Å². The topological polar surface area (TPSA) is 24.4 Å². The molecule has 1 saturated carbocycles. The minimum atomic E-state index is 0.466.